The molecule has 1 aromatic heterocycles. The van der Waals surface area contributed by atoms with E-state index in [2.05, 4.69) is 18.3 Å². The third kappa shape index (κ3) is 3.61. The van der Waals surface area contributed by atoms with Gasteiger partial charge in [0.05, 0.1) is 0 Å². The van der Waals surface area contributed by atoms with Crippen molar-refractivity contribution in [2.75, 3.05) is 6.54 Å². The predicted molar refractivity (Wildman–Crippen MR) is 88.7 cm³/mol. The van der Waals surface area contributed by atoms with E-state index in [0.29, 0.717) is 5.22 Å². The zero-order chi connectivity index (χ0) is 14.7. The first kappa shape index (κ1) is 14.9. The number of para-hydroxylation sites is 1. The van der Waals surface area contributed by atoms with Gasteiger partial charge in [0, 0.05) is 17.5 Å². The van der Waals surface area contributed by atoms with Gasteiger partial charge in [0.2, 0.25) is 0 Å². The standard InChI is InChI=1S/C18H24ClNO/c1-13-5-4-6-14(11-13)9-10-20-12-16-15-7-2-3-8-17(15)21-18(16)19/h2-3,7-8,13-14,20H,4-6,9-12H2,1H3. The van der Waals surface area contributed by atoms with E-state index in [9.17, 15) is 0 Å². The van der Waals surface area contributed by atoms with E-state index in [-0.39, 0.29) is 0 Å². The van der Waals surface area contributed by atoms with Crippen LogP contribution in [0.3, 0.4) is 0 Å². The highest BCUT2D eigenvalue weighted by Gasteiger charge is 2.18. The van der Waals surface area contributed by atoms with E-state index in [4.69, 9.17) is 16.0 Å². The number of hydrogen-bond donors (Lipinski definition) is 1. The summed E-state index contributed by atoms with van der Waals surface area (Å²) in [6, 6.07) is 8.05. The zero-order valence-electron chi connectivity index (χ0n) is 12.7. The van der Waals surface area contributed by atoms with Crippen LogP contribution >= 0.6 is 11.6 Å². The van der Waals surface area contributed by atoms with Gasteiger partial charge in [-0.05, 0) is 48.9 Å². The minimum Gasteiger partial charge on any atom is -0.444 e. The van der Waals surface area contributed by atoms with Crippen LogP contribution in [-0.4, -0.2) is 6.54 Å². The van der Waals surface area contributed by atoms with Crippen LogP contribution in [0.1, 0.15) is 44.6 Å². The van der Waals surface area contributed by atoms with Gasteiger partial charge >= 0.3 is 0 Å². The van der Waals surface area contributed by atoms with Crippen molar-refractivity contribution in [3.63, 3.8) is 0 Å². The molecule has 0 spiro atoms. The van der Waals surface area contributed by atoms with Crippen LogP contribution < -0.4 is 5.32 Å². The number of benzene rings is 1. The topological polar surface area (TPSA) is 25.2 Å². The molecule has 2 unspecified atom stereocenters. The van der Waals surface area contributed by atoms with Gasteiger partial charge < -0.3 is 9.73 Å². The molecule has 1 heterocycles. The first-order valence-corrected chi connectivity index (χ1v) is 8.48. The molecule has 3 rings (SSSR count). The summed E-state index contributed by atoms with van der Waals surface area (Å²) >= 11 is 6.21. The van der Waals surface area contributed by atoms with Gasteiger partial charge in [-0.3, -0.25) is 0 Å². The Kier molecular flexibility index (Phi) is 4.87. The molecule has 2 nitrogen and oxygen atoms in total. The second-order valence-electron chi connectivity index (χ2n) is 6.45. The summed E-state index contributed by atoms with van der Waals surface area (Å²) in [5, 5.41) is 5.19. The smallest absolute Gasteiger partial charge is 0.199 e. The number of furan rings is 1. The van der Waals surface area contributed by atoms with Crippen molar-refractivity contribution in [1.29, 1.82) is 0 Å². The zero-order valence-corrected chi connectivity index (χ0v) is 13.5. The van der Waals surface area contributed by atoms with Crippen LogP contribution in [0.5, 0.6) is 0 Å². The molecular weight excluding hydrogens is 282 g/mol. The number of nitrogens with one attached hydrogen (secondary N) is 1. The fourth-order valence-corrected chi connectivity index (χ4v) is 3.83. The molecule has 21 heavy (non-hydrogen) atoms. The van der Waals surface area contributed by atoms with E-state index in [1.165, 1.54) is 32.1 Å². The van der Waals surface area contributed by atoms with Crippen molar-refractivity contribution in [1.82, 2.24) is 5.32 Å². The normalized spacial score (nSPS) is 22.8. The van der Waals surface area contributed by atoms with Gasteiger partial charge in [-0.2, -0.15) is 0 Å². The average Bonchev–Trinajstić information content (AvgIpc) is 2.79. The summed E-state index contributed by atoms with van der Waals surface area (Å²) in [5.74, 6) is 1.81. The third-order valence-electron chi connectivity index (χ3n) is 4.73. The van der Waals surface area contributed by atoms with Crippen molar-refractivity contribution in [2.45, 2.75) is 45.6 Å². The highest BCUT2D eigenvalue weighted by molar-refractivity contribution is 6.30. The Morgan fingerprint density at radius 2 is 2.14 bits per heavy atom. The van der Waals surface area contributed by atoms with E-state index in [1.807, 2.05) is 18.2 Å². The lowest BCUT2D eigenvalue weighted by Gasteiger charge is -2.26. The Bertz CT molecular complexity index is 592. The van der Waals surface area contributed by atoms with Crippen LogP contribution in [-0.2, 0) is 6.54 Å². The molecule has 1 fully saturated rings. The molecule has 1 saturated carbocycles. The van der Waals surface area contributed by atoms with Crippen LogP contribution in [0.15, 0.2) is 28.7 Å². The van der Waals surface area contributed by atoms with Gasteiger partial charge in [-0.1, -0.05) is 44.4 Å². The molecule has 114 valence electrons. The molecule has 2 atom stereocenters. The molecule has 0 aliphatic heterocycles. The van der Waals surface area contributed by atoms with E-state index in [1.54, 1.807) is 0 Å². The first-order chi connectivity index (χ1) is 10.2. The van der Waals surface area contributed by atoms with Crippen LogP contribution in [0.2, 0.25) is 5.22 Å². The highest BCUT2D eigenvalue weighted by atomic mass is 35.5. The van der Waals surface area contributed by atoms with Gasteiger partial charge in [0.1, 0.15) is 5.58 Å². The second-order valence-corrected chi connectivity index (χ2v) is 6.80. The maximum absolute atomic E-state index is 6.21. The summed E-state index contributed by atoms with van der Waals surface area (Å²) in [7, 11) is 0. The summed E-state index contributed by atoms with van der Waals surface area (Å²) in [5.41, 5.74) is 1.96. The van der Waals surface area contributed by atoms with Crippen molar-refractivity contribution in [3.8, 4) is 0 Å². The highest BCUT2D eigenvalue weighted by Crippen LogP contribution is 2.31. The molecular formula is C18H24ClNO. The molecule has 3 heteroatoms. The number of rotatable bonds is 5. The molecule has 0 amide bonds. The predicted octanol–water partition coefficient (Wildman–Crippen LogP) is 5.39. The fourth-order valence-electron chi connectivity index (χ4n) is 3.58. The maximum atomic E-state index is 6.21. The Labute approximate surface area is 131 Å². The monoisotopic (exact) mass is 305 g/mol. The lowest BCUT2D eigenvalue weighted by atomic mass is 9.81. The van der Waals surface area contributed by atoms with Crippen molar-refractivity contribution in [3.05, 3.63) is 35.0 Å². The van der Waals surface area contributed by atoms with E-state index in [0.717, 1.165) is 41.5 Å². The van der Waals surface area contributed by atoms with Crippen molar-refractivity contribution >= 4 is 22.6 Å². The average molecular weight is 306 g/mol. The number of hydrogen-bond acceptors (Lipinski definition) is 2. The summed E-state index contributed by atoms with van der Waals surface area (Å²) < 4.78 is 5.59. The Hall–Kier alpha value is -0.990. The molecule has 1 aliphatic rings. The summed E-state index contributed by atoms with van der Waals surface area (Å²) in [4.78, 5) is 0. The van der Waals surface area contributed by atoms with Gasteiger partial charge in [-0.15, -0.1) is 0 Å². The largest absolute Gasteiger partial charge is 0.444 e. The van der Waals surface area contributed by atoms with Gasteiger partial charge in [0.25, 0.3) is 0 Å². The Balaban J connectivity index is 1.51. The molecule has 0 bridgehead atoms. The molecule has 2 aromatic rings. The maximum Gasteiger partial charge on any atom is 0.199 e. The SMILES string of the molecule is CC1CCCC(CCNCc2c(Cl)oc3ccccc23)C1. The fraction of sp³-hybridized carbons (Fsp3) is 0.556. The van der Waals surface area contributed by atoms with Crippen LogP contribution in [0, 0.1) is 11.8 Å². The third-order valence-corrected chi connectivity index (χ3v) is 5.03. The summed E-state index contributed by atoms with van der Waals surface area (Å²) in [6.07, 6.45) is 6.90. The Morgan fingerprint density at radius 1 is 1.29 bits per heavy atom. The molecule has 1 N–H and O–H groups in total. The summed E-state index contributed by atoms with van der Waals surface area (Å²) in [6.45, 7) is 4.24. The quantitative estimate of drug-likeness (QED) is 0.749. The molecule has 0 saturated heterocycles. The molecule has 0 radical (unpaired) electrons. The second kappa shape index (κ2) is 6.85. The lowest BCUT2D eigenvalue weighted by Crippen LogP contribution is -2.21. The van der Waals surface area contributed by atoms with E-state index >= 15 is 0 Å². The van der Waals surface area contributed by atoms with Crippen molar-refractivity contribution < 1.29 is 4.42 Å². The van der Waals surface area contributed by atoms with E-state index < -0.39 is 0 Å². The number of fused-ring (bicyclic) bond motifs is 1. The lowest BCUT2D eigenvalue weighted by molar-refractivity contribution is 0.267. The minimum absolute atomic E-state index is 0.523. The van der Waals surface area contributed by atoms with Crippen LogP contribution in [0.25, 0.3) is 11.0 Å². The molecule has 1 aromatic carbocycles. The van der Waals surface area contributed by atoms with Crippen molar-refractivity contribution in [2.24, 2.45) is 11.8 Å². The minimum atomic E-state index is 0.523. The Morgan fingerprint density at radius 3 is 3.00 bits per heavy atom. The number of halogens is 1. The molecule has 1 aliphatic carbocycles. The van der Waals surface area contributed by atoms with Gasteiger partial charge in [0.15, 0.2) is 5.22 Å². The van der Waals surface area contributed by atoms with Crippen LogP contribution in [0.4, 0.5) is 0 Å². The first-order valence-electron chi connectivity index (χ1n) is 8.10. The van der Waals surface area contributed by atoms with Gasteiger partial charge in [-0.25, -0.2) is 0 Å².